The molecular weight excluding hydrogens is 375 g/mol. The lowest BCUT2D eigenvalue weighted by atomic mass is 10.0. The molecule has 0 saturated carbocycles. The molecule has 0 spiro atoms. The lowest BCUT2D eigenvalue weighted by Gasteiger charge is -2.18. The first-order valence-corrected chi connectivity index (χ1v) is 11.2. The zero-order valence-corrected chi connectivity index (χ0v) is 18.3. The van der Waals surface area contributed by atoms with E-state index in [0.717, 1.165) is 0 Å². The van der Waals surface area contributed by atoms with Crippen LogP contribution in [0.4, 0.5) is 0 Å². The Balaban J connectivity index is 2.39. The van der Waals surface area contributed by atoms with Crippen LogP contribution in [0.2, 0.25) is 0 Å². The second-order valence-electron chi connectivity index (χ2n) is 6.32. The molecule has 4 heteroatoms. The Morgan fingerprint density at radius 1 is 0.625 bits per heavy atom. The molecule has 130 valence electrons. The monoisotopic (exact) mass is 398 g/mol. The third-order valence-corrected chi connectivity index (χ3v) is 8.05. The van der Waals surface area contributed by atoms with Crippen LogP contribution in [0.3, 0.4) is 0 Å². The summed E-state index contributed by atoms with van der Waals surface area (Å²) in [6.45, 7) is 13.0. The summed E-state index contributed by atoms with van der Waals surface area (Å²) in [7, 11) is 3.67. The maximum absolute atomic E-state index is 6.16. The third kappa shape index (κ3) is 3.93. The normalized spacial score (nSPS) is 11.2. The molecule has 0 aliphatic rings. The number of hydrogen-bond acceptors (Lipinski definition) is 2. The minimum Gasteiger partial charge on any atom is -0.122 e. The second-order valence-corrected chi connectivity index (χ2v) is 9.00. The van der Waals surface area contributed by atoms with Crippen molar-refractivity contribution in [2.75, 3.05) is 0 Å². The van der Waals surface area contributed by atoms with Crippen LogP contribution in [0.5, 0.6) is 0 Å². The van der Waals surface area contributed by atoms with E-state index >= 15 is 0 Å². The predicted octanol–water partition coefficient (Wildman–Crippen LogP) is 7.81. The van der Waals surface area contributed by atoms with Gasteiger partial charge in [0.2, 0.25) is 0 Å². The molecule has 0 aromatic heterocycles. The number of aryl methyl sites for hydroxylation is 4. The second kappa shape index (κ2) is 8.40. The number of benzene rings is 2. The first-order valence-electron chi connectivity index (χ1n) is 7.97. The largest absolute Gasteiger partial charge is 0.122 e. The fourth-order valence-electron chi connectivity index (χ4n) is 3.16. The van der Waals surface area contributed by atoms with Crippen molar-refractivity contribution in [3.8, 4) is 0 Å². The van der Waals surface area contributed by atoms with E-state index in [1.165, 1.54) is 54.3 Å². The summed E-state index contributed by atoms with van der Waals surface area (Å²) in [6, 6.07) is 4.49. The van der Waals surface area contributed by atoms with Crippen molar-refractivity contribution in [2.24, 2.45) is 0 Å². The summed E-state index contributed by atoms with van der Waals surface area (Å²) in [5.74, 6) is 1.13. The van der Waals surface area contributed by atoms with Gasteiger partial charge in [0.25, 0.3) is 0 Å². The Morgan fingerprint density at radius 2 is 0.958 bits per heavy atom. The van der Waals surface area contributed by atoms with Crippen LogP contribution in [-0.2, 0) is 11.8 Å². The number of rotatable bonds is 5. The van der Waals surface area contributed by atoms with Crippen LogP contribution in [-0.4, -0.2) is 0 Å². The molecule has 2 rings (SSSR count). The topological polar surface area (TPSA) is 0 Å². The Morgan fingerprint density at radius 3 is 1.25 bits per heavy atom. The van der Waals surface area contributed by atoms with Gasteiger partial charge in [-0.1, -0.05) is 33.7 Å². The molecule has 2 aromatic carbocycles. The van der Waals surface area contributed by atoms with Crippen LogP contribution in [0.1, 0.15) is 44.5 Å². The van der Waals surface area contributed by atoms with Gasteiger partial charge in [-0.25, -0.2) is 0 Å². The van der Waals surface area contributed by atoms with Crippen LogP contribution >= 0.6 is 44.8 Å². The van der Waals surface area contributed by atoms with Gasteiger partial charge in [-0.2, -0.15) is 0 Å². The maximum atomic E-state index is 6.16. The Labute approximate surface area is 164 Å². The van der Waals surface area contributed by atoms with Crippen LogP contribution in [0.25, 0.3) is 0 Å². The molecule has 0 nitrogen and oxygen atoms in total. The number of alkyl halides is 2. The zero-order chi connectivity index (χ0) is 18.0. The van der Waals surface area contributed by atoms with Crippen LogP contribution in [0, 0.1) is 41.5 Å². The smallest absolute Gasteiger partial charge is 0.0479 e. The van der Waals surface area contributed by atoms with Crippen molar-refractivity contribution in [2.45, 2.75) is 63.1 Å². The van der Waals surface area contributed by atoms with Gasteiger partial charge in [0.15, 0.2) is 0 Å². The SMILES string of the molecule is Cc1cc(C)c(SSc2c(C)cc(C)c(CCl)c2C)c(C)c1CCl. The van der Waals surface area contributed by atoms with Crippen molar-refractivity contribution in [3.05, 3.63) is 56.6 Å². The van der Waals surface area contributed by atoms with E-state index in [4.69, 9.17) is 23.2 Å². The number of hydrogen-bond donors (Lipinski definition) is 0. The average molecular weight is 399 g/mol. The van der Waals surface area contributed by atoms with Gasteiger partial charge < -0.3 is 0 Å². The quantitative estimate of drug-likeness (QED) is 0.371. The van der Waals surface area contributed by atoms with Crippen LogP contribution < -0.4 is 0 Å². The van der Waals surface area contributed by atoms with E-state index in [-0.39, 0.29) is 0 Å². The van der Waals surface area contributed by atoms with E-state index in [1.54, 1.807) is 0 Å². The van der Waals surface area contributed by atoms with Gasteiger partial charge in [0.05, 0.1) is 0 Å². The molecule has 24 heavy (non-hydrogen) atoms. The molecule has 0 aliphatic heterocycles. The standard InChI is InChI=1S/C20H24Cl2S2/c1-11-7-13(3)19(15(5)17(11)9-21)23-24-20-14(4)8-12(2)18(10-22)16(20)6/h7-8H,9-10H2,1-6H3. The highest BCUT2D eigenvalue weighted by molar-refractivity contribution is 8.76. The van der Waals surface area contributed by atoms with E-state index < -0.39 is 0 Å². The predicted molar refractivity (Wildman–Crippen MR) is 112 cm³/mol. The molecule has 2 aromatic rings. The van der Waals surface area contributed by atoms with Gasteiger partial charge in [-0.15, -0.1) is 23.2 Å². The molecule has 0 bridgehead atoms. The van der Waals surface area contributed by atoms with Crippen molar-refractivity contribution >= 4 is 44.8 Å². The lowest BCUT2D eigenvalue weighted by Crippen LogP contribution is -1.97. The minimum atomic E-state index is 0.565. The Bertz CT molecular complexity index is 702. The van der Waals surface area contributed by atoms with Gasteiger partial charge in [0.1, 0.15) is 0 Å². The fourth-order valence-corrected chi connectivity index (χ4v) is 7.07. The molecular formula is C20H24Cl2S2. The Hall–Kier alpha value is -0.280. The Kier molecular flexibility index (Phi) is 7.01. The highest BCUT2D eigenvalue weighted by atomic mass is 35.5. The van der Waals surface area contributed by atoms with Crippen molar-refractivity contribution in [1.82, 2.24) is 0 Å². The maximum Gasteiger partial charge on any atom is 0.0479 e. The minimum absolute atomic E-state index is 0.565. The van der Waals surface area contributed by atoms with E-state index in [0.29, 0.717) is 11.8 Å². The zero-order valence-electron chi connectivity index (χ0n) is 15.1. The first-order chi connectivity index (χ1) is 11.3. The summed E-state index contributed by atoms with van der Waals surface area (Å²) in [5.41, 5.74) is 10.3. The van der Waals surface area contributed by atoms with E-state index in [9.17, 15) is 0 Å². The summed E-state index contributed by atoms with van der Waals surface area (Å²) in [5, 5.41) is 0. The molecule has 0 aliphatic carbocycles. The summed E-state index contributed by atoms with van der Waals surface area (Å²) < 4.78 is 0. The van der Waals surface area contributed by atoms with Gasteiger partial charge in [-0.3, -0.25) is 0 Å². The summed E-state index contributed by atoms with van der Waals surface area (Å²) >= 11 is 12.3. The van der Waals surface area contributed by atoms with E-state index in [2.05, 4.69) is 53.7 Å². The highest BCUT2D eigenvalue weighted by Crippen LogP contribution is 2.45. The molecule has 0 fully saturated rings. The van der Waals surface area contributed by atoms with Crippen molar-refractivity contribution in [1.29, 1.82) is 0 Å². The first kappa shape index (κ1) is 20.0. The van der Waals surface area contributed by atoms with Gasteiger partial charge in [-0.05, 0) is 86.1 Å². The summed E-state index contributed by atoms with van der Waals surface area (Å²) in [6.07, 6.45) is 0. The summed E-state index contributed by atoms with van der Waals surface area (Å²) in [4.78, 5) is 2.65. The molecule has 0 saturated heterocycles. The molecule has 0 heterocycles. The molecule has 0 amide bonds. The third-order valence-electron chi connectivity index (χ3n) is 4.60. The van der Waals surface area contributed by atoms with E-state index in [1.807, 2.05) is 21.6 Å². The van der Waals surface area contributed by atoms with Crippen LogP contribution in [0.15, 0.2) is 21.9 Å². The molecule has 0 N–H and O–H groups in total. The molecule has 0 unspecified atom stereocenters. The molecule has 0 atom stereocenters. The van der Waals surface area contributed by atoms with Crippen molar-refractivity contribution < 1.29 is 0 Å². The fraction of sp³-hybridized carbons (Fsp3) is 0.400. The average Bonchev–Trinajstić information content (AvgIpc) is 2.50. The van der Waals surface area contributed by atoms with Crippen molar-refractivity contribution in [3.63, 3.8) is 0 Å². The highest BCUT2D eigenvalue weighted by Gasteiger charge is 2.15. The van der Waals surface area contributed by atoms with Gasteiger partial charge in [0, 0.05) is 21.6 Å². The lowest BCUT2D eigenvalue weighted by molar-refractivity contribution is 1.12. The number of halogens is 2. The van der Waals surface area contributed by atoms with Gasteiger partial charge >= 0.3 is 0 Å². The molecule has 0 radical (unpaired) electrons.